The Balaban J connectivity index is 1.46. The van der Waals surface area contributed by atoms with Crippen molar-refractivity contribution in [3.8, 4) is 22.8 Å². The Morgan fingerprint density at radius 1 is 0.963 bits per heavy atom. The van der Waals surface area contributed by atoms with Gasteiger partial charge in [0.2, 0.25) is 16.9 Å². The van der Waals surface area contributed by atoms with Crippen LogP contribution in [0.2, 0.25) is 15.1 Å². The van der Waals surface area contributed by atoms with Gasteiger partial charge in [0.25, 0.3) is 0 Å². The molecule has 0 aliphatic rings. The number of benzene rings is 2. The standard InChI is InChI=1S/C17H10Cl3N5OS/c18-9-5-6-11(13(20)7-9)16-24-22-14(26-16)8-27-17-21-15(23-25-17)10-3-1-2-4-12(10)19/h1-7H,8H2,(H,21,23,25). The van der Waals surface area contributed by atoms with Crippen LogP contribution in [0.15, 0.2) is 52.0 Å². The molecule has 0 unspecified atom stereocenters. The summed E-state index contributed by atoms with van der Waals surface area (Å²) in [5.41, 5.74) is 1.42. The fourth-order valence-electron chi connectivity index (χ4n) is 2.29. The van der Waals surface area contributed by atoms with Crippen molar-refractivity contribution in [3.63, 3.8) is 0 Å². The summed E-state index contributed by atoms with van der Waals surface area (Å²) >= 11 is 19.6. The number of H-pyrrole nitrogens is 1. The normalized spacial score (nSPS) is 11.1. The number of rotatable bonds is 5. The molecule has 0 fully saturated rings. The van der Waals surface area contributed by atoms with Gasteiger partial charge in [-0.15, -0.1) is 15.3 Å². The third-order valence-corrected chi connectivity index (χ3v) is 5.26. The highest BCUT2D eigenvalue weighted by molar-refractivity contribution is 7.98. The molecule has 4 rings (SSSR count). The van der Waals surface area contributed by atoms with E-state index in [2.05, 4.69) is 25.4 Å². The molecule has 0 spiro atoms. The van der Waals surface area contributed by atoms with Crippen molar-refractivity contribution in [2.45, 2.75) is 10.9 Å². The molecule has 2 aromatic carbocycles. The number of halogens is 3. The molecule has 10 heteroatoms. The minimum absolute atomic E-state index is 0.332. The number of aromatic nitrogens is 5. The SMILES string of the molecule is Clc1ccc(-c2nnc(CSc3n[nH]c(-c4ccccc4Cl)n3)o2)c(Cl)c1. The van der Waals surface area contributed by atoms with Gasteiger partial charge >= 0.3 is 0 Å². The number of nitrogens with one attached hydrogen (secondary N) is 1. The Labute approximate surface area is 173 Å². The Morgan fingerprint density at radius 2 is 1.81 bits per heavy atom. The lowest BCUT2D eigenvalue weighted by atomic mass is 10.2. The lowest BCUT2D eigenvalue weighted by Gasteiger charge is -1.99. The maximum atomic E-state index is 6.18. The van der Waals surface area contributed by atoms with Crippen molar-refractivity contribution in [1.29, 1.82) is 0 Å². The summed E-state index contributed by atoms with van der Waals surface area (Å²) < 4.78 is 5.67. The zero-order chi connectivity index (χ0) is 18.8. The topological polar surface area (TPSA) is 80.5 Å². The zero-order valence-electron chi connectivity index (χ0n) is 13.5. The number of aromatic amines is 1. The van der Waals surface area contributed by atoms with Gasteiger partial charge in [-0.05, 0) is 30.3 Å². The highest BCUT2D eigenvalue weighted by Gasteiger charge is 2.14. The monoisotopic (exact) mass is 437 g/mol. The molecule has 0 amide bonds. The minimum Gasteiger partial charge on any atom is -0.420 e. The van der Waals surface area contributed by atoms with Crippen molar-refractivity contribution in [1.82, 2.24) is 25.4 Å². The summed E-state index contributed by atoms with van der Waals surface area (Å²) in [6.07, 6.45) is 0. The van der Waals surface area contributed by atoms with E-state index < -0.39 is 0 Å². The predicted octanol–water partition coefficient (Wildman–Crippen LogP) is 5.77. The predicted molar refractivity (Wildman–Crippen MR) is 106 cm³/mol. The van der Waals surface area contributed by atoms with Crippen LogP contribution in [0.1, 0.15) is 5.89 Å². The second kappa shape index (κ2) is 7.90. The fraction of sp³-hybridized carbons (Fsp3) is 0.0588. The van der Waals surface area contributed by atoms with E-state index in [4.69, 9.17) is 39.2 Å². The van der Waals surface area contributed by atoms with Crippen molar-refractivity contribution < 1.29 is 4.42 Å². The van der Waals surface area contributed by atoms with E-state index >= 15 is 0 Å². The summed E-state index contributed by atoms with van der Waals surface area (Å²) in [5, 5.41) is 17.3. The maximum Gasteiger partial charge on any atom is 0.249 e. The first-order valence-corrected chi connectivity index (χ1v) is 9.80. The quantitative estimate of drug-likeness (QED) is 0.398. The van der Waals surface area contributed by atoms with E-state index in [0.717, 1.165) is 5.56 Å². The van der Waals surface area contributed by atoms with E-state index in [1.54, 1.807) is 24.3 Å². The Morgan fingerprint density at radius 3 is 2.63 bits per heavy atom. The molecule has 0 aliphatic heterocycles. The summed E-state index contributed by atoms with van der Waals surface area (Å²) in [6.45, 7) is 0. The fourth-order valence-corrected chi connectivity index (χ4v) is 3.64. The second-order valence-electron chi connectivity index (χ2n) is 5.36. The molecule has 0 radical (unpaired) electrons. The molecule has 4 aromatic rings. The summed E-state index contributed by atoms with van der Waals surface area (Å²) in [4.78, 5) is 4.43. The minimum atomic E-state index is 0.332. The van der Waals surface area contributed by atoms with Gasteiger partial charge in [0, 0.05) is 10.6 Å². The first-order chi connectivity index (χ1) is 13.1. The first kappa shape index (κ1) is 18.3. The Hall–Kier alpha value is -2.06. The van der Waals surface area contributed by atoms with Gasteiger partial charge in [-0.2, -0.15) is 0 Å². The van der Waals surface area contributed by atoms with Crippen LogP contribution in [0, 0.1) is 0 Å². The molecule has 0 atom stereocenters. The number of hydrogen-bond acceptors (Lipinski definition) is 6. The number of nitrogens with zero attached hydrogens (tertiary/aromatic N) is 4. The van der Waals surface area contributed by atoms with Gasteiger partial charge in [-0.25, -0.2) is 4.98 Å². The van der Waals surface area contributed by atoms with Gasteiger partial charge in [-0.1, -0.05) is 58.7 Å². The number of thioether (sulfide) groups is 1. The van der Waals surface area contributed by atoms with Crippen LogP contribution in [-0.4, -0.2) is 25.4 Å². The third-order valence-electron chi connectivity index (χ3n) is 3.55. The smallest absolute Gasteiger partial charge is 0.249 e. The van der Waals surface area contributed by atoms with Crippen LogP contribution in [0.4, 0.5) is 0 Å². The van der Waals surface area contributed by atoms with E-state index in [9.17, 15) is 0 Å². The van der Waals surface area contributed by atoms with Crippen molar-refractivity contribution in [2.24, 2.45) is 0 Å². The van der Waals surface area contributed by atoms with Crippen molar-refractivity contribution >= 4 is 46.6 Å². The number of hydrogen-bond donors (Lipinski definition) is 1. The average molecular weight is 439 g/mol. The van der Waals surface area contributed by atoms with E-state index in [1.807, 2.05) is 18.2 Å². The molecule has 27 heavy (non-hydrogen) atoms. The van der Waals surface area contributed by atoms with Crippen LogP contribution in [0.25, 0.3) is 22.8 Å². The molecule has 136 valence electrons. The van der Waals surface area contributed by atoms with Gasteiger partial charge in [0.1, 0.15) is 0 Å². The summed E-state index contributed by atoms with van der Waals surface area (Å²) in [6, 6.07) is 12.5. The second-order valence-corrected chi connectivity index (χ2v) is 7.55. The van der Waals surface area contributed by atoms with Crippen LogP contribution in [-0.2, 0) is 5.75 Å². The van der Waals surface area contributed by atoms with Crippen LogP contribution >= 0.6 is 46.6 Å². The van der Waals surface area contributed by atoms with E-state index in [0.29, 0.717) is 49.1 Å². The summed E-state index contributed by atoms with van der Waals surface area (Å²) in [5.74, 6) is 1.78. The Bertz CT molecular complexity index is 1100. The molecule has 2 heterocycles. The van der Waals surface area contributed by atoms with Gasteiger partial charge in [0.15, 0.2) is 5.82 Å². The molecular weight excluding hydrogens is 429 g/mol. The zero-order valence-corrected chi connectivity index (χ0v) is 16.6. The first-order valence-electron chi connectivity index (χ1n) is 7.68. The molecule has 0 bridgehead atoms. The summed E-state index contributed by atoms with van der Waals surface area (Å²) in [7, 11) is 0. The molecule has 0 aliphatic carbocycles. The van der Waals surface area contributed by atoms with E-state index in [1.165, 1.54) is 11.8 Å². The molecule has 0 saturated heterocycles. The Kier molecular flexibility index (Phi) is 5.36. The third kappa shape index (κ3) is 4.11. The highest BCUT2D eigenvalue weighted by Crippen LogP contribution is 2.31. The lowest BCUT2D eigenvalue weighted by molar-refractivity contribution is 0.528. The molecule has 1 N–H and O–H groups in total. The average Bonchev–Trinajstić information content (AvgIpc) is 3.30. The van der Waals surface area contributed by atoms with Gasteiger partial charge < -0.3 is 4.42 Å². The van der Waals surface area contributed by atoms with Crippen molar-refractivity contribution in [3.05, 3.63) is 63.4 Å². The van der Waals surface area contributed by atoms with Crippen LogP contribution in [0.3, 0.4) is 0 Å². The lowest BCUT2D eigenvalue weighted by Crippen LogP contribution is -1.83. The maximum absolute atomic E-state index is 6.18. The van der Waals surface area contributed by atoms with Gasteiger partial charge in [0.05, 0.1) is 21.4 Å². The molecule has 0 saturated carbocycles. The van der Waals surface area contributed by atoms with E-state index in [-0.39, 0.29) is 0 Å². The molecule has 6 nitrogen and oxygen atoms in total. The van der Waals surface area contributed by atoms with Crippen LogP contribution in [0.5, 0.6) is 0 Å². The van der Waals surface area contributed by atoms with Crippen LogP contribution < -0.4 is 0 Å². The van der Waals surface area contributed by atoms with Gasteiger partial charge in [-0.3, -0.25) is 5.10 Å². The molecular formula is C17H10Cl3N5OS. The highest BCUT2D eigenvalue weighted by atomic mass is 35.5. The van der Waals surface area contributed by atoms with Crippen molar-refractivity contribution in [2.75, 3.05) is 0 Å². The molecule has 2 aromatic heterocycles. The largest absolute Gasteiger partial charge is 0.420 e.